The Labute approximate surface area is 111 Å². The molecule has 0 aliphatic heterocycles. The maximum absolute atomic E-state index is 5.91. The van der Waals surface area contributed by atoms with Crippen molar-refractivity contribution in [2.75, 3.05) is 0 Å². The van der Waals surface area contributed by atoms with Crippen molar-refractivity contribution in [2.45, 2.75) is 11.8 Å². The predicted molar refractivity (Wildman–Crippen MR) is 68.7 cm³/mol. The second-order valence-corrected chi connectivity index (χ2v) is 5.58. The molecule has 3 nitrogen and oxygen atoms in total. The van der Waals surface area contributed by atoms with E-state index in [2.05, 4.69) is 26.2 Å². The number of hydrogen-bond donors (Lipinski definition) is 0. The van der Waals surface area contributed by atoms with Gasteiger partial charge in [-0.3, -0.25) is 0 Å². The molecule has 0 bridgehead atoms. The van der Waals surface area contributed by atoms with Gasteiger partial charge < -0.3 is 0 Å². The highest BCUT2D eigenvalue weighted by molar-refractivity contribution is 9.09. The van der Waals surface area contributed by atoms with Crippen molar-refractivity contribution in [3.63, 3.8) is 0 Å². The average Bonchev–Trinajstić information content (AvgIpc) is 2.64. The lowest BCUT2D eigenvalue weighted by Crippen LogP contribution is -1.94. The van der Waals surface area contributed by atoms with E-state index in [4.69, 9.17) is 23.2 Å². The normalized spacial score (nSPS) is 12.8. The molecule has 1 unspecified atom stereocenters. The number of nitrogens with zero attached hydrogens (tertiary/aromatic N) is 3. The fraction of sp³-hybridized carbons (Fsp3) is 0.200. The maximum Gasteiger partial charge on any atom is 0.0965 e. The highest BCUT2D eigenvalue weighted by atomic mass is 79.9. The van der Waals surface area contributed by atoms with Gasteiger partial charge in [-0.25, -0.2) is 4.68 Å². The predicted octanol–water partition coefficient (Wildman–Crippen LogP) is 4.03. The summed E-state index contributed by atoms with van der Waals surface area (Å²) < 4.78 is 1.64. The van der Waals surface area contributed by atoms with Gasteiger partial charge in [-0.05, 0) is 25.1 Å². The molecule has 0 radical (unpaired) electrons. The van der Waals surface area contributed by atoms with Crippen molar-refractivity contribution in [1.29, 1.82) is 0 Å². The SMILES string of the molecule is CC(Br)c1cn(-c2cc(Cl)cc(Cl)c2)nn1. The molecule has 16 heavy (non-hydrogen) atoms. The van der Waals surface area contributed by atoms with Gasteiger partial charge in [0.2, 0.25) is 0 Å². The molecule has 1 aromatic carbocycles. The van der Waals surface area contributed by atoms with Crippen LogP contribution in [0, 0.1) is 0 Å². The Morgan fingerprint density at radius 2 is 1.88 bits per heavy atom. The minimum atomic E-state index is 0.163. The van der Waals surface area contributed by atoms with Gasteiger partial charge in [-0.15, -0.1) is 5.10 Å². The molecule has 0 aliphatic rings. The van der Waals surface area contributed by atoms with Crippen LogP contribution in [0.5, 0.6) is 0 Å². The van der Waals surface area contributed by atoms with E-state index < -0.39 is 0 Å². The molecule has 0 spiro atoms. The molecule has 0 amide bonds. The first kappa shape index (κ1) is 11.9. The van der Waals surface area contributed by atoms with Crippen molar-refractivity contribution < 1.29 is 0 Å². The van der Waals surface area contributed by atoms with Crippen LogP contribution < -0.4 is 0 Å². The van der Waals surface area contributed by atoms with Crippen LogP contribution in [0.4, 0.5) is 0 Å². The second kappa shape index (κ2) is 4.73. The molecule has 1 aromatic heterocycles. The van der Waals surface area contributed by atoms with Gasteiger partial charge in [0.05, 0.1) is 22.4 Å². The molecular formula is C10H8BrCl2N3. The van der Waals surface area contributed by atoms with E-state index in [1.807, 2.05) is 13.1 Å². The monoisotopic (exact) mass is 319 g/mol. The van der Waals surface area contributed by atoms with Gasteiger partial charge >= 0.3 is 0 Å². The molecular weight excluding hydrogens is 313 g/mol. The summed E-state index contributed by atoms with van der Waals surface area (Å²) in [6, 6.07) is 5.24. The van der Waals surface area contributed by atoms with Crippen LogP contribution in [0.2, 0.25) is 10.0 Å². The Morgan fingerprint density at radius 1 is 1.25 bits per heavy atom. The van der Waals surface area contributed by atoms with Gasteiger partial charge in [-0.1, -0.05) is 44.3 Å². The van der Waals surface area contributed by atoms with Crippen molar-refractivity contribution in [3.8, 4) is 5.69 Å². The smallest absolute Gasteiger partial charge is 0.0965 e. The number of aromatic nitrogens is 3. The molecule has 0 saturated carbocycles. The summed E-state index contributed by atoms with van der Waals surface area (Å²) in [5, 5.41) is 9.19. The van der Waals surface area contributed by atoms with Crippen LogP contribution in [0.25, 0.3) is 5.69 Å². The van der Waals surface area contributed by atoms with Crippen LogP contribution in [0.1, 0.15) is 17.4 Å². The van der Waals surface area contributed by atoms with Crippen LogP contribution in [0.3, 0.4) is 0 Å². The number of alkyl halides is 1. The van der Waals surface area contributed by atoms with E-state index in [1.165, 1.54) is 0 Å². The standard InChI is InChI=1S/C10H8BrCl2N3/c1-6(11)10-5-16(15-14-10)9-3-7(12)2-8(13)4-9/h2-6H,1H3. The quantitative estimate of drug-likeness (QED) is 0.782. The van der Waals surface area contributed by atoms with Gasteiger partial charge in [-0.2, -0.15) is 0 Å². The Hall–Kier alpha value is -0.580. The lowest BCUT2D eigenvalue weighted by molar-refractivity contribution is 0.797. The minimum Gasteiger partial charge on any atom is -0.220 e. The zero-order valence-corrected chi connectivity index (χ0v) is 11.5. The number of benzene rings is 1. The molecule has 0 N–H and O–H groups in total. The van der Waals surface area contributed by atoms with Gasteiger partial charge in [0, 0.05) is 10.0 Å². The van der Waals surface area contributed by atoms with Crippen molar-refractivity contribution in [1.82, 2.24) is 15.0 Å². The molecule has 6 heteroatoms. The van der Waals surface area contributed by atoms with E-state index in [-0.39, 0.29) is 4.83 Å². The molecule has 1 atom stereocenters. The Kier molecular flexibility index (Phi) is 3.52. The van der Waals surface area contributed by atoms with Crippen LogP contribution in [-0.2, 0) is 0 Å². The fourth-order valence-electron chi connectivity index (χ4n) is 1.26. The molecule has 0 saturated heterocycles. The van der Waals surface area contributed by atoms with Gasteiger partial charge in [0.25, 0.3) is 0 Å². The maximum atomic E-state index is 5.91. The van der Waals surface area contributed by atoms with E-state index in [1.54, 1.807) is 22.9 Å². The number of rotatable bonds is 2. The van der Waals surface area contributed by atoms with Gasteiger partial charge in [0.15, 0.2) is 0 Å². The lowest BCUT2D eigenvalue weighted by atomic mass is 10.3. The fourth-order valence-corrected chi connectivity index (χ4v) is 1.98. The molecule has 2 aromatic rings. The summed E-state index contributed by atoms with van der Waals surface area (Å²) in [6.45, 7) is 1.99. The lowest BCUT2D eigenvalue weighted by Gasteiger charge is -2.01. The zero-order chi connectivity index (χ0) is 11.7. The highest BCUT2D eigenvalue weighted by Gasteiger charge is 2.08. The first-order valence-corrected chi connectivity index (χ1v) is 6.26. The summed E-state index contributed by atoms with van der Waals surface area (Å²) in [6.07, 6.45) is 1.83. The van der Waals surface area contributed by atoms with Gasteiger partial charge in [0.1, 0.15) is 0 Å². The van der Waals surface area contributed by atoms with E-state index in [0.29, 0.717) is 10.0 Å². The third-order valence-electron chi connectivity index (χ3n) is 2.03. The van der Waals surface area contributed by atoms with Crippen LogP contribution in [-0.4, -0.2) is 15.0 Å². The van der Waals surface area contributed by atoms with Crippen molar-refractivity contribution >= 4 is 39.1 Å². The third kappa shape index (κ3) is 2.56. The summed E-state index contributed by atoms with van der Waals surface area (Å²) in [5.41, 5.74) is 1.65. The molecule has 0 aliphatic carbocycles. The zero-order valence-electron chi connectivity index (χ0n) is 8.36. The number of halogens is 3. The molecule has 2 rings (SSSR count). The van der Waals surface area contributed by atoms with E-state index in [9.17, 15) is 0 Å². The van der Waals surface area contributed by atoms with E-state index >= 15 is 0 Å². The molecule has 1 heterocycles. The topological polar surface area (TPSA) is 30.7 Å². The highest BCUT2D eigenvalue weighted by Crippen LogP contribution is 2.23. The summed E-state index contributed by atoms with van der Waals surface area (Å²) in [4.78, 5) is 0.163. The van der Waals surface area contributed by atoms with Crippen molar-refractivity contribution in [3.05, 3.63) is 40.1 Å². The number of hydrogen-bond acceptors (Lipinski definition) is 2. The molecule has 84 valence electrons. The Balaban J connectivity index is 2.42. The summed E-state index contributed by atoms with van der Waals surface area (Å²) in [7, 11) is 0. The Morgan fingerprint density at radius 3 is 2.38 bits per heavy atom. The Bertz CT molecular complexity index is 490. The first-order valence-electron chi connectivity index (χ1n) is 4.59. The summed E-state index contributed by atoms with van der Waals surface area (Å²) >= 11 is 15.3. The molecule has 0 fully saturated rings. The van der Waals surface area contributed by atoms with Crippen molar-refractivity contribution in [2.24, 2.45) is 0 Å². The van der Waals surface area contributed by atoms with Crippen LogP contribution in [0.15, 0.2) is 24.4 Å². The third-order valence-corrected chi connectivity index (χ3v) is 2.94. The van der Waals surface area contributed by atoms with Crippen LogP contribution >= 0.6 is 39.1 Å². The summed E-state index contributed by atoms with van der Waals surface area (Å²) in [5.74, 6) is 0. The first-order chi connectivity index (χ1) is 7.56. The average molecular weight is 321 g/mol. The second-order valence-electron chi connectivity index (χ2n) is 3.33. The largest absolute Gasteiger partial charge is 0.220 e. The van der Waals surface area contributed by atoms with E-state index in [0.717, 1.165) is 11.4 Å². The minimum absolute atomic E-state index is 0.163.